The van der Waals surface area contributed by atoms with Crippen LogP contribution in [-0.4, -0.2) is 11.5 Å². The lowest BCUT2D eigenvalue weighted by molar-refractivity contribution is 0.893. The van der Waals surface area contributed by atoms with Crippen LogP contribution in [0.3, 0.4) is 0 Å². The molecule has 1 aromatic carbocycles. The molecule has 0 amide bonds. The summed E-state index contributed by atoms with van der Waals surface area (Å²) >= 11 is 7.56. The Morgan fingerprint density at radius 3 is 2.59 bits per heavy atom. The summed E-state index contributed by atoms with van der Waals surface area (Å²) in [6.07, 6.45) is 2.86. The number of halogens is 1. The van der Waals surface area contributed by atoms with Gasteiger partial charge in [-0.3, -0.25) is 0 Å². The average Bonchev–Trinajstić information content (AvgIpc) is 2.77. The highest BCUT2D eigenvalue weighted by Gasteiger charge is 2.02. The zero-order valence-corrected chi connectivity index (χ0v) is 11.1. The first-order chi connectivity index (χ1) is 8.28. The highest BCUT2D eigenvalue weighted by Crippen LogP contribution is 2.15. The fourth-order valence-electron chi connectivity index (χ4n) is 1.63. The van der Waals surface area contributed by atoms with Crippen LogP contribution < -0.4 is 5.73 Å². The lowest BCUT2D eigenvalue weighted by atomic mass is 10.1. The molecule has 2 rings (SSSR count). The second-order valence-electron chi connectivity index (χ2n) is 3.90. The van der Waals surface area contributed by atoms with E-state index in [1.54, 1.807) is 11.3 Å². The van der Waals surface area contributed by atoms with Crippen LogP contribution in [0.4, 0.5) is 0 Å². The maximum Gasteiger partial charge on any atom is 0.0931 e. The van der Waals surface area contributed by atoms with Crippen LogP contribution in [0.2, 0.25) is 5.02 Å². The molecule has 0 spiro atoms. The van der Waals surface area contributed by atoms with Gasteiger partial charge < -0.3 is 5.73 Å². The Bertz CT molecular complexity index is 465. The van der Waals surface area contributed by atoms with Crippen LogP contribution >= 0.6 is 22.9 Å². The van der Waals surface area contributed by atoms with E-state index in [1.807, 2.05) is 12.1 Å². The number of hydrogen-bond donors (Lipinski definition) is 1. The first-order valence-electron chi connectivity index (χ1n) is 5.65. The molecule has 0 unspecified atom stereocenters. The SMILES string of the molecule is NCCc1csc(CCc2ccc(Cl)cc2)n1. The topological polar surface area (TPSA) is 38.9 Å². The minimum absolute atomic E-state index is 0.667. The molecule has 1 heterocycles. The molecule has 0 aliphatic carbocycles. The van der Waals surface area contributed by atoms with Gasteiger partial charge in [0.2, 0.25) is 0 Å². The summed E-state index contributed by atoms with van der Waals surface area (Å²) in [5.41, 5.74) is 7.91. The van der Waals surface area contributed by atoms with Crippen molar-refractivity contribution < 1.29 is 0 Å². The molecule has 90 valence electrons. The van der Waals surface area contributed by atoms with Crippen LogP contribution in [0.15, 0.2) is 29.6 Å². The van der Waals surface area contributed by atoms with Crippen molar-refractivity contribution in [2.75, 3.05) is 6.54 Å². The van der Waals surface area contributed by atoms with E-state index in [2.05, 4.69) is 22.5 Å². The molecule has 0 bridgehead atoms. The fourth-order valence-corrected chi connectivity index (χ4v) is 2.59. The summed E-state index contributed by atoms with van der Waals surface area (Å²) in [7, 11) is 0. The van der Waals surface area contributed by atoms with Gasteiger partial charge in [0.05, 0.1) is 10.7 Å². The van der Waals surface area contributed by atoms with Gasteiger partial charge in [0.25, 0.3) is 0 Å². The Labute approximate surface area is 110 Å². The largest absolute Gasteiger partial charge is 0.330 e. The Morgan fingerprint density at radius 1 is 1.12 bits per heavy atom. The predicted molar refractivity (Wildman–Crippen MR) is 73.7 cm³/mol. The minimum atomic E-state index is 0.667. The third-order valence-corrected chi connectivity index (χ3v) is 3.75. The third-order valence-electron chi connectivity index (χ3n) is 2.54. The Kier molecular flexibility index (Phi) is 4.54. The number of benzene rings is 1. The van der Waals surface area contributed by atoms with E-state index < -0.39 is 0 Å². The van der Waals surface area contributed by atoms with E-state index in [1.165, 1.54) is 10.6 Å². The van der Waals surface area contributed by atoms with Gasteiger partial charge in [-0.25, -0.2) is 4.98 Å². The number of thiazole rings is 1. The van der Waals surface area contributed by atoms with Crippen molar-refractivity contribution in [3.8, 4) is 0 Å². The van der Waals surface area contributed by atoms with Crippen LogP contribution in [0.25, 0.3) is 0 Å². The number of hydrogen-bond acceptors (Lipinski definition) is 3. The number of nitrogens with two attached hydrogens (primary N) is 1. The Hall–Kier alpha value is -0.900. The van der Waals surface area contributed by atoms with Crippen molar-refractivity contribution >= 4 is 22.9 Å². The van der Waals surface area contributed by atoms with Gasteiger partial charge in [-0.05, 0) is 30.7 Å². The minimum Gasteiger partial charge on any atom is -0.330 e. The molecule has 2 N–H and O–H groups in total. The molecule has 4 heteroatoms. The van der Waals surface area contributed by atoms with Gasteiger partial charge in [0.1, 0.15) is 0 Å². The van der Waals surface area contributed by atoms with Crippen LogP contribution in [-0.2, 0) is 19.3 Å². The molecule has 0 saturated carbocycles. The zero-order chi connectivity index (χ0) is 12.1. The predicted octanol–water partition coefficient (Wildman–Crippen LogP) is 3.08. The van der Waals surface area contributed by atoms with Gasteiger partial charge in [0.15, 0.2) is 0 Å². The number of aromatic nitrogens is 1. The molecule has 0 aliphatic heterocycles. The van der Waals surface area contributed by atoms with Crippen LogP contribution in [0.5, 0.6) is 0 Å². The number of aryl methyl sites for hydroxylation is 2. The monoisotopic (exact) mass is 266 g/mol. The number of nitrogens with zero attached hydrogens (tertiary/aromatic N) is 1. The maximum atomic E-state index is 5.84. The molecule has 0 aliphatic rings. The van der Waals surface area contributed by atoms with E-state index in [4.69, 9.17) is 17.3 Å². The molecule has 17 heavy (non-hydrogen) atoms. The molecule has 0 radical (unpaired) electrons. The maximum absolute atomic E-state index is 5.84. The molecule has 1 aromatic heterocycles. The van der Waals surface area contributed by atoms with Crippen molar-refractivity contribution in [2.24, 2.45) is 5.73 Å². The van der Waals surface area contributed by atoms with E-state index in [9.17, 15) is 0 Å². The first kappa shape index (κ1) is 12.6. The highest BCUT2D eigenvalue weighted by molar-refractivity contribution is 7.09. The molecule has 2 nitrogen and oxygen atoms in total. The van der Waals surface area contributed by atoms with Crippen molar-refractivity contribution in [1.29, 1.82) is 0 Å². The normalized spacial score (nSPS) is 10.7. The lowest BCUT2D eigenvalue weighted by Gasteiger charge is -1.99. The second kappa shape index (κ2) is 6.15. The van der Waals surface area contributed by atoms with Gasteiger partial charge in [0, 0.05) is 23.2 Å². The van der Waals surface area contributed by atoms with Crippen molar-refractivity contribution in [1.82, 2.24) is 4.98 Å². The van der Waals surface area contributed by atoms with Gasteiger partial charge in [-0.1, -0.05) is 23.7 Å². The van der Waals surface area contributed by atoms with E-state index in [0.717, 1.165) is 30.0 Å². The quantitative estimate of drug-likeness (QED) is 0.903. The van der Waals surface area contributed by atoms with Crippen molar-refractivity contribution in [3.63, 3.8) is 0 Å². The first-order valence-corrected chi connectivity index (χ1v) is 6.91. The van der Waals surface area contributed by atoms with Crippen LogP contribution in [0.1, 0.15) is 16.3 Å². The van der Waals surface area contributed by atoms with Gasteiger partial charge in [-0.2, -0.15) is 0 Å². The van der Waals surface area contributed by atoms with Crippen molar-refractivity contribution in [3.05, 3.63) is 50.9 Å². The second-order valence-corrected chi connectivity index (χ2v) is 5.28. The molecular weight excluding hydrogens is 252 g/mol. The molecule has 2 aromatic rings. The molecule has 0 atom stereocenters. The van der Waals surface area contributed by atoms with Gasteiger partial charge >= 0.3 is 0 Å². The fraction of sp³-hybridized carbons (Fsp3) is 0.308. The smallest absolute Gasteiger partial charge is 0.0931 e. The third kappa shape index (κ3) is 3.80. The summed E-state index contributed by atoms with van der Waals surface area (Å²) in [5.74, 6) is 0. The van der Waals surface area contributed by atoms with Gasteiger partial charge in [-0.15, -0.1) is 11.3 Å². The Morgan fingerprint density at radius 2 is 1.88 bits per heavy atom. The van der Waals surface area contributed by atoms with Crippen LogP contribution in [0, 0.1) is 0 Å². The summed E-state index contributed by atoms with van der Waals surface area (Å²) < 4.78 is 0. The summed E-state index contributed by atoms with van der Waals surface area (Å²) in [4.78, 5) is 4.55. The van der Waals surface area contributed by atoms with E-state index >= 15 is 0 Å². The number of rotatable bonds is 5. The van der Waals surface area contributed by atoms with E-state index in [0.29, 0.717) is 6.54 Å². The van der Waals surface area contributed by atoms with Crippen molar-refractivity contribution in [2.45, 2.75) is 19.3 Å². The summed E-state index contributed by atoms with van der Waals surface area (Å²) in [5, 5.41) is 4.07. The summed E-state index contributed by atoms with van der Waals surface area (Å²) in [6, 6.07) is 7.99. The standard InChI is InChI=1S/C13H15ClN2S/c14-11-4-1-10(2-5-11)3-6-13-16-12(7-8-15)9-17-13/h1-2,4-5,9H,3,6-8,15H2. The molecule has 0 saturated heterocycles. The van der Waals surface area contributed by atoms with E-state index in [-0.39, 0.29) is 0 Å². The molecule has 0 fully saturated rings. The average molecular weight is 267 g/mol. The Balaban J connectivity index is 1.90. The lowest BCUT2D eigenvalue weighted by Crippen LogP contribution is -2.03. The summed E-state index contributed by atoms with van der Waals surface area (Å²) in [6.45, 7) is 0.667. The highest BCUT2D eigenvalue weighted by atomic mass is 35.5. The molecular formula is C13H15ClN2S. The zero-order valence-electron chi connectivity index (χ0n) is 9.53.